The highest BCUT2D eigenvalue weighted by Gasteiger charge is 2.38. The van der Waals surface area contributed by atoms with Gasteiger partial charge in [0.25, 0.3) is 0 Å². The number of amides is 2. The third kappa shape index (κ3) is 4.07. The van der Waals surface area contributed by atoms with Gasteiger partial charge in [0.15, 0.2) is 0 Å². The van der Waals surface area contributed by atoms with Crippen LogP contribution in [0.25, 0.3) is 0 Å². The minimum absolute atomic E-state index is 0.125. The van der Waals surface area contributed by atoms with Gasteiger partial charge in [-0.25, -0.2) is 0 Å². The van der Waals surface area contributed by atoms with Gasteiger partial charge in [-0.1, -0.05) is 31.0 Å². The van der Waals surface area contributed by atoms with Gasteiger partial charge in [0.1, 0.15) is 6.04 Å². The van der Waals surface area contributed by atoms with Crippen LogP contribution in [0.4, 0.5) is 5.69 Å². The largest absolute Gasteiger partial charge is 0.344 e. The summed E-state index contributed by atoms with van der Waals surface area (Å²) in [5.74, 6) is -0.581. The summed E-state index contributed by atoms with van der Waals surface area (Å²) in [6.45, 7) is 3.61. The second-order valence-electron chi connectivity index (χ2n) is 6.39. The Balaban J connectivity index is 1.91. The van der Waals surface area contributed by atoms with E-state index in [4.69, 9.17) is 5.73 Å². The number of carbonyl (C=O) groups excluding carboxylic acids is 2. The van der Waals surface area contributed by atoms with Crippen molar-refractivity contribution in [3.05, 3.63) is 30.3 Å². The molecule has 2 rings (SSSR count). The van der Waals surface area contributed by atoms with Gasteiger partial charge in [0.05, 0.1) is 5.92 Å². The van der Waals surface area contributed by atoms with E-state index in [0.29, 0.717) is 0 Å². The van der Waals surface area contributed by atoms with Gasteiger partial charge in [0, 0.05) is 11.2 Å². The van der Waals surface area contributed by atoms with E-state index in [1.54, 1.807) is 6.92 Å². The van der Waals surface area contributed by atoms with Crippen molar-refractivity contribution < 1.29 is 9.59 Å². The number of hydrogen-bond acceptors (Lipinski definition) is 3. The Kier molecular flexibility index (Phi) is 5.19. The first-order valence-electron chi connectivity index (χ1n) is 7.85. The molecule has 3 unspecified atom stereocenters. The summed E-state index contributed by atoms with van der Waals surface area (Å²) in [4.78, 5) is 24.5. The molecule has 1 fully saturated rings. The fourth-order valence-corrected chi connectivity index (χ4v) is 2.94. The summed E-state index contributed by atoms with van der Waals surface area (Å²) >= 11 is 0. The molecule has 0 saturated heterocycles. The lowest BCUT2D eigenvalue weighted by atomic mass is 9.74. The van der Waals surface area contributed by atoms with Crippen molar-refractivity contribution in [2.75, 3.05) is 5.32 Å². The molecule has 22 heavy (non-hydrogen) atoms. The van der Waals surface area contributed by atoms with E-state index < -0.39 is 11.6 Å². The van der Waals surface area contributed by atoms with Gasteiger partial charge in [-0.3, -0.25) is 9.59 Å². The predicted octanol–water partition coefficient (Wildman–Crippen LogP) is 2.04. The summed E-state index contributed by atoms with van der Waals surface area (Å²) in [7, 11) is 0. The molecule has 120 valence electrons. The molecular weight excluding hydrogens is 278 g/mol. The molecule has 5 heteroatoms. The first kappa shape index (κ1) is 16.5. The fourth-order valence-electron chi connectivity index (χ4n) is 2.94. The van der Waals surface area contributed by atoms with Crippen LogP contribution in [0, 0.1) is 5.92 Å². The highest BCUT2D eigenvalue weighted by molar-refractivity contribution is 5.97. The van der Waals surface area contributed by atoms with Crippen LogP contribution in [0.2, 0.25) is 0 Å². The lowest BCUT2D eigenvalue weighted by Crippen LogP contribution is -2.55. The fraction of sp³-hybridized carbons (Fsp3) is 0.529. The number of nitrogens with two attached hydrogens (primary N) is 1. The molecule has 0 radical (unpaired) electrons. The smallest absolute Gasteiger partial charge is 0.246 e. The zero-order valence-electron chi connectivity index (χ0n) is 13.3. The predicted molar refractivity (Wildman–Crippen MR) is 87.2 cm³/mol. The molecule has 4 N–H and O–H groups in total. The van der Waals surface area contributed by atoms with Crippen LogP contribution in [0.3, 0.4) is 0 Å². The van der Waals surface area contributed by atoms with Crippen LogP contribution in [-0.2, 0) is 9.59 Å². The molecule has 0 aromatic heterocycles. The average molecular weight is 303 g/mol. The van der Waals surface area contributed by atoms with Crippen LogP contribution < -0.4 is 16.4 Å². The number of hydrogen-bond donors (Lipinski definition) is 3. The summed E-state index contributed by atoms with van der Waals surface area (Å²) in [5.41, 5.74) is 6.47. The Morgan fingerprint density at radius 3 is 2.59 bits per heavy atom. The second-order valence-corrected chi connectivity index (χ2v) is 6.39. The minimum atomic E-state index is -0.592. The standard InChI is InChI=1S/C17H25N3O2/c1-12(15(21)20-13-8-4-3-5-9-13)19-16(22)14-10-6-7-11-17(14,2)18/h3-5,8-9,12,14H,6-7,10-11,18H2,1-2H3,(H,19,22)(H,20,21). The molecule has 0 heterocycles. The lowest BCUT2D eigenvalue weighted by molar-refractivity contribution is -0.131. The molecule has 1 saturated carbocycles. The van der Waals surface area contributed by atoms with E-state index in [1.165, 1.54) is 0 Å². The van der Waals surface area contributed by atoms with E-state index in [2.05, 4.69) is 10.6 Å². The average Bonchev–Trinajstić information content (AvgIpc) is 2.47. The van der Waals surface area contributed by atoms with Crippen molar-refractivity contribution in [2.45, 2.75) is 51.1 Å². The maximum absolute atomic E-state index is 12.4. The van der Waals surface area contributed by atoms with Crippen LogP contribution in [0.15, 0.2) is 30.3 Å². The molecule has 5 nitrogen and oxygen atoms in total. The van der Waals surface area contributed by atoms with Gasteiger partial charge in [-0.15, -0.1) is 0 Å². The molecule has 0 spiro atoms. The number of benzene rings is 1. The van der Waals surface area contributed by atoms with Crippen LogP contribution in [-0.4, -0.2) is 23.4 Å². The molecule has 0 bridgehead atoms. The van der Waals surface area contributed by atoms with Gasteiger partial charge in [0.2, 0.25) is 11.8 Å². The normalized spacial score (nSPS) is 26.0. The quantitative estimate of drug-likeness (QED) is 0.796. The van der Waals surface area contributed by atoms with Crippen LogP contribution in [0.1, 0.15) is 39.5 Å². The van der Waals surface area contributed by atoms with Crippen molar-refractivity contribution in [2.24, 2.45) is 11.7 Å². The van der Waals surface area contributed by atoms with Crippen molar-refractivity contribution in [1.29, 1.82) is 0 Å². The Bertz CT molecular complexity index is 528. The van der Waals surface area contributed by atoms with Gasteiger partial charge < -0.3 is 16.4 Å². The lowest BCUT2D eigenvalue weighted by Gasteiger charge is -2.37. The van der Waals surface area contributed by atoms with Crippen molar-refractivity contribution >= 4 is 17.5 Å². The van der Waals surface area contributed by atoms with Crippen molar-refractivity contribution in [1.82, 2.24) is 5.32 Å². The maximum Gasteiger partial charge on any atom is 0.246 e. The second kappa shape index (κ2) is 6.92. The minimum Gasteiger partial charge on any atom is -0.344 e. The third-order valence-electron chi connectivity index (χ3n) is 4.36. The molecule has 1 aliphatic carbocycles. The number of para-hydroxylation sites is 1. The van der Waals surface area contributed by atoms with E-state index in [9.17, 15) is 9.59 Å². The Labute approximate surface area is 131 Å². The molecule has 0 aliphatic heterocycles. The number of anilines is 1. The Morgan fingerprint density at radius 1 is 1.27 bits per heavy atom. The summed E-state index contributed by atoms with van der Waals surface area (Å²) in [5, 5.41) is 5.58. The topological polar surface area (TPSA) is 84.2 Å². The van der Waals surface area contributed by atoms with E-state index in [0.717, 1.165) is 31.4 Å². The molecule has 1 aliphatic rings. The maximum atomic E-state index is 12.4. The summed E-state index contributed by atoms with van der Waals surface area (Å²) < 4.78 is 0. The van der Waals surface area contributed by atoms with Crippen molar-refractivity contribution in [3.63, 3.8) is 0 Å². The summed E-state index contributed by atoms with van der Waals surface area (Å²) in [6.07, 6.45) is 3.69. The monoisotopic (exact) mass is 303 g/mol. The number of nitrogens with one attached hydrogen (secondary N) is 2. The Hall–Kier alpha value is -1.88. The van der Waals surface area contributed by atoms with Gasteiger partial charge in [-0.05, 0) is 38.8 Å². The van der Waals surface area contributed by atoms with Crippen LogP contribution >= 0.6 is 0 Å². The first-order chi connectivity index (χ1) is 10.4. The van der Waals surface area contributed by atoms with Gasteiger partial charge in [-0.2, -0.15) is 0 Å². The molecule has 2 amide bonds. The SMILES string of the molecule is CC(NC(=O)C1CCCCC1(C)N)C(=O)Nc1ccccc1. The van der Waals surface area contributed by atoms with Gasteiger partial charge >= 0.3 is 0 Å². The molecule has 1 aromatic rings. The van der Waals surface area contributed by atoms with Crippen LogP contribution in [0.5, 0.6) is 0 Å². The number of carbonyl (C=O) groups is 2. The summed E-state index contributed by atoms with van der Waals surface area (Å²) in [6, 6.07) is 8.60. The first-order valence-corrected chi connectivity index (χ1v) is 7.85. The third-order valence-corrected chi connectivity index (χ3v) is 4.36. The zero-order chi connectivity index (χ0) is 16.2. The zero-order valence-corrected chi connectivity index (χ0v) is 13.3. The van der Waals surface area contributed by atoms with Crippen molar-refractivity contribution in [3.8, 4) is 0 Å². The highest BCUT2D eigenvalue weighted by Crippen LogP contribution is 2.31. The Morgan fingerprint density at radius 2 is 1.95 bits per heavy atom. The van der Waals surface area contributed by atoms with E-state index >= 15 is 0 Å². The number of rotatable bonds is 4. The van der Waals surface area contributed by atoms with E-state index in [-0.39, 0.29) is 17.7 Å². The molecule has 3 atom stereocenters. The molecule has 1 aromatic carbocycles. The van der Waals surface area contributed by atoms with E-state index in [1.807, 2.05) is 37.3 Å². The highest BCUT2D eigenvalue weighted by atomic mass is 16.2. The molecular formula is C17H25N3O2.